The van der Waals surface area contributed by atoms with Gasteiger partial charge in [0.1, 0.15) is 0 Å². The fourth-order valence-corrected chi connectivity index (χ4v) is 5.91. The van der Waals surface area contributed by atoms with Crippen molar-refractivity contribution in [1.82, 2.24) is 9.62 Å². The molecule has 1 heterocycles. The van der Waals surface area contributed by atoms with Crippen molar-refractivity contribution in [3.8, 4) is 0 Å². The maximum absolute atomic E-state index is 13.1. The van der Waals surface area contributed by atoms with Crippen LogP contribution >= 0.6 is 15.9 Å². The molecule has 1 aromatic rings. The van der Waals surface area contributed by atoms with E-state index in [9.17, 15) is 13.2 Å². The molecule has 1 N–H and O–H groups in total. The summed E-state index contributed by atoms with van der Waals surface area (Å²) in [5.74, 6) is 0.139. The molecular formula is C21H31BrN2O3S. The average molecular weight is 471 g/mol. The van der Waals surface area contributed by atoms with Gasteiger partial charge in [-0.3, -0.25) is 4.79 Å². The Balaban J connectivity index is 1.64. The highest BCUT2D eigenvalue weighted by atomic mass is 79.9. The van der Waals surface area contributed by atoms with Gasteiger partial charge in [-0.1, -0.05) is 47.3 Å². The first-order valence-corrected chi connectivity index (χ1v) is 12.8. The molecule has 0 radical (unpaired) electrons. The summed E-state index contributed by atoms with van der Waals surface area (Å²) in [4.78, 5) is 13.1. The van der Waals surface area contributed by atoms with Crippen LogP contribution in [0.5, 0.6) is 0 Å². The lowest BCUT2D eigenvalue weighted by atomic mass is 9.77. The number of hydrogen-bond acceptors (Lipinski definition) is 3. The molecule has 156 valence electrons. The highest BCUT2D eigenvalue weighted by Gasteiger charge is 2.37. The summed E-state index contributed by atoms with van der Waals surface area (Å²) in [6, 6.07) is 8.36. The summed E-state index contributed by atoms with van der Waals surface area (Å²) in [5.41, 5.74) is 1.07. The van der Waals surface area contributed by atoms with Crippen LogP contribution in [-0.4, -0.2) is 43.0 Å². The zero-order valence-corrected chi connectivity index (χ0v) is 19.0. The van der Waals surface area contributed by atoms with E-state index in [4.69, 9.17) is 0 Å². The van der Waals surface area contributed by atoms with Crippen LogP contribution in [-0.2, 0) is 21.2 Å². The second-order valence-electron chi connectivity index (χ2n) is 8.21. The average Bonchev–Trinajstić information content (AvgIpc) is 2.70. The van der Waals surface area contributed by atoms with Gasteiger partial charge in [-0.05, 0) is 56.7 Å². The van der Waals surface area contributed by atoms with Gasteiger partial charge in [0.05, 0.1) is 5.75 Å². The topological polar surface area (TPSA) is 66.5 Å². The van der Waals surface area contributed by atoms with E-state index in [-0.39, 0.29) is 23.1 Å². The second-order valence-corrected chi connectivity index (χ2v) is 11.4. The third-order valence-electron chi connectivity index (χ3n) is 6.24. The number of halogens is 1. The molecule has 1 aliphatic carbocycles. The molecule has 0 unspecified atom stereocenters. The van der Waals surface area contributed by atoms with E-state index in [1.54, 1.807) is 6.92 Å². The van der Waals surface area contributed by atoms with E-state index in [2.05, 4.69) is 45.5 Å². The van der Waals surface area contributed by atoms with Gasteiger partial charge in [0, 0.05) is 29.0 Å². The molecule has 28 heavy (non-hydrogen) atoms. The van der Waals surface area contributed by atoms with Crippen molar-refractivity contribution >= 4 is 31.9 Å². The van der Waals surface area contributed by atoms with Gasteiger partial charge in [-0.2, -0.15) is 0 Å². The number of carbonyl (C=O) groups is 1. The quantitative estimate of drug-likeness (QED) is 0.685. The number of carbonyl (C=O) groups excluding carboxylic acids is 1. The molecule has 0 atom stereocenters. The molecule has 3 rings (SSSR count). The highest BCUT2D eigenvalue weighted by molar-refractivity contribution is 9.10. The number of nitrogens with zero attached hydrogens (tertiary/aromatic N) is 1. The minimum absolute atomic E-state index is 0.0907. The fourth-order valence-electron chi connectivity index (χ4n) is 4.51. The second kappa shape index (κ2) is 9.26. The van der Waals surface area contributed by atoms with Crippen LogP contribution in [0.4, 0.5) is 0 Å². The van der Waals surface area contributed by atoms with Crippen LogP contribution in [0.2, 0.25) is 0 Å². The van der Waals surface area contributed by atoms with E-state index in [1.165, 1.54) is 16.3 Å². The smallest absolute Gasteiger partial charge is 0.223 e. The van der Waals surface area contributed by atoms with Crippen LogP contribution < -0.4 is 5.32 Å². The number of hydrogen-bond donors (Lipinski definition) is 1. The fraction of sp³-hybridized carbons (Fsp3) is 0.667. The van der Waals surface area contributed by atoms with Gasteiger partial charge < -0.3 is 5.32 Å². The molecule has 0 bridgehead atoms. The van der Waals surface area contributed by atoms with E-state index in [0.29, 0.717) is 25.9 Å². The van der Waals surface area contributed by atoms with Crippen LogP contribution in [0.25, 0.3) is 0 Å². The van der Waals surface area contributed by atoms with E-state index >= 15 is 0 Å². The van der Waals surface area contributed by atoms with Crippen molar-refractivity contribution < 1.29 is 13.2 Å². The van der Waals surface area contributed by atoms with Crippen LogP contribution in [0.15, 0.2) is 28.7 Å². The lowest BCUT2D eigenvalue weighted by Gasteiger charge is -2.40. The molecule has 1 saturated heterocycles. The van der Waals surface area contributed by atoms with Crippen LogP contribution in [0.3, 0.4) is 0 Å². The summed E-state index contributed by atoms with van der Waals surface area (Å²) in [6.07, 6.45) is 7.61. The predicted octanol–water partition coefficient (Wildman–Crippen LogP) is 3.87. The molecule has 2 aliphatic rings. The van der Waals surface area contributed by atoms with Crippen molar-refractivity contribution in [2.24, 2.45) is 5.92 Å². The van der Waals surface area contributed by atoms with Gasteiger partial charge in [-0.15, -0.1) is 0 Å². The van der Waals surface area contributed by atoms with Gasteiger partial charge in [0.25, 0.3) is 0 Å². The van der Waals surface area contributed by atoms with Crippen LogP contribution in [0.1, 0.15) is 57.4 Å². The third kappa shape index (κ3) is 5.36. The molecule has 0 aromatic heterocycles. The Bertz CT molecular complexity index is 765. The monoisotopic (exact) mass is 470 g/mol. The first kappa shape index (κ1) is 21.8. The van der Waals surface area contributed by atoms with Crippen molar-refractivity contribution in [2.45, 2.75) is 63.8 Å². The highest BCUT2D eigenvalue weighted by Crippen LogP contribution is 2.33. The zero-order chi connectivity index (χ0) is 20.2. The molecule has 5 nitrogen and oxygen atoms in total. The third-order valence-corrected chi connectivity index (χ3v) is 8.65. The van der Waals surface area contributed by atoms with E-state index in [1.807, 2.05) is 0 Å². The normalized spacial score (nSPS) is 21.4. The Labute approximate surface area is 177 Å². The Kier molecular flexibility index (Phi) is 7.21. The first-order valence-electron chi connectivity index (χ1n) is 10.4. The summed E-state index contributed by atoms with van der Waals surface area (Å²) in [7, 11) is -3.16. The lowest BCUT2D eigenvalue weighted by molar-refractivity contribution is -0.128. The number of nitrogens with one attached hydrogen (secondary N) is 1. The Morgan fingerprint density at radius 3 is 2.32 bits per heavy atom. The number of benzene rings is 1. The first-order chi connectivity index (χ1) is 13.3. The van der Waals surface area contributed by atoms with Crippen molar-refractivity contribution in [3.63, 3.8) is 0 Å². The molecule has 7 heteroatoms. The van der Waals surface area contributed by atoms with Crippen LogP contribution in [0, 0.1) is 5.92 Å². The molecule has 1 saturated carbocycles. The number of piperidine rings is 1. The molecule has 2 fully saturated rings. The maximum atomic E-state index is 13.1. The SMILES string of the molecule is CCS(=O)(=O)N1CCC(C(=O)NC2(Cc3ccc(Br)cc3)CCCCC2)CC1. The lowest BCUT2D eigenvalue weighted by Crippen LogP contribution is -2.54. The summed E-state index contributed by atoms with van der Waals surface area (Å²) in [5, 5.41) is 3.41. The molecule has 1 amide bonds. The molecule has 1 aliphatic heterocycles. The Morgan fingerprint density at radius 1 is 1.14 bits per heavy atom. The minimum Gasteiger partial charge on any atom is -0.350 e. The van der Waals surface area contributed by atoms with Gasteiger partial charge in [0.15, 0.2) is 0 Å². The van der Waals surface area contributed by atoms with Gasteiger partial charge >= 0.3 is 0 Å². The van der Waals surface area contributed by atoms with Crippen molar-refractivity contribution in [3.05, 3.63) is 34.3 Å². The van der Waals surface area contributed by atoms with E-state index in [0.717, 1.165) is 36.6 Å². The van der Waals surface area contributed by atoms with Crippen molar-refractivity contribution in [2.75, 3.05) is 18.8 Å². The maximum Gasteiger partial charge on any atom is 0.223 e. The Morgan fingerprint density at radius 2 is 1.75 bits per heavy atom. The predicted molar refractivity (Wildman–Crippen MR) is 116 cm³/mol. The number of sulfonamides is 1. The summed E-state index contributed by atoms with van der Waals surface area (Å²) < 4.78 is 26.7. The largest absolute Gasteiger partial charge is 0.350 e. The Hall–Kier alpha value is -0.920. The number of amides is 1. The molecular weight excluding hydrogens is 440 g/mol. The minimum atomic E-state index is -3.16. The van der Waals surface area contributed by atoms with Gasteiger partial charge in [0.2, 0.25) is 15.9 Å². The standard InChI is InChI=1S/C21H31BrN2O3S/c1-2-28(26,27)24-14-10-18(11-15-24)20(25)23-21(12-4-3-5-13-21)16-17-6-8-19(22)9-7-17/h6-9,18H,2-5,10-16H2,1H3,(H,23,25). The zero-order valence-electron chi connectivity index (χ0n) is 16.6. The van der Waals surface area contributed by atoms with E-state index < -0.39 is 10.0 Å². The number of rotatable bonds is 6. The summed E-state index contributed by atoms with van der Waals surface area (Å²) in [6.45, 7) is 2.57. The molecule has 1 aromatic carbocycles. The van der Waals surface area contributed by atoms with Gasteiger partial charge in [-0.25, -0.2) is 12.7 Å². The van der Waals surface area contributed by atoms with Crippen molar-refractivity contribution in [1.29, 1.82) is 0 Å². The molecule has 0 spiro atoms. The summed E-state index contributed by atoms with van der Waals surface area (Å²) >= 11 is 3.48.